The Kier molecular flexibility index (Phi) is 7.77. The summed E-state index contributed by atoms with van der Waals surface area (Å²) in [5.41, 5.74) is -0.952. The molecule has 2 heterocycles. The molecule has 1 aliphatic carbocycles. The van der Waals surface area contributed by atoms with Crippen LogP contribution >= 0.6 is 0 Å². The van der Waals surface area contributed by atoms with Gasteiger partial charge in [-0.25, -0.2) is 4.79 Å². The van der Waals surface area contributed by atoms with Crippen molar-refractivity contribution >= 4 is 17.8 Å². The Balaban J connectivity index is 1.79. The van der Waals surface area contributed by atoms with E-state index in [-0.39, 0.29) is 38.2 Å². The maximum absolute atomic E-state index is 13.6. The highest BCUT2D eigenvalue weighted by Gasteiger charge is 2.68. The number of fused-ring (bicyclic) bond motifs is 1. The van der Waals surface area contributed by atoms with Gasteiger partial charge in [-0.1, -0.05) is 12.1 Å². The molecule has 0 bridgehead atoms. The number of amides is 1. The summed E-state index contributed by atoms with van der Waals surface area (Å²) in [6.45, 7) is 4.06. The number of esters is 2. The summed E-state index contributed by atoms with van der Waals surface area (Å²) in [5, 5.41) is 11.3. The lowest BCUT2D eigenvalue weighted by molar-refractivity contribution is -0.200. The van der Waals surface area contributed by atoms with E-state index in [1.165, 1.54) is 19.1 Å². The average molecular weight is 520 g/mol. The third-order valence-electron chi connectivity index (χ3n) is 7.01. The van der Waals surface area contributed by atoms with E-state index < -0.39 is 41.2 Å². The Morgan fingerprint density at radius 1 is 1.11 bits per heavy atom. The second-order valence-corrected chi connectivity index (χ2v) is 9.04. The zero-order chi connectivity index (χ0) is 26.8. The van der Waals surface area contributed by atoms with Crippen LogP contribution < -0.4 is 9.47 Å². The number of ether oxygens (including phenoxy) is 6. The van der Waals surface area contributed by atoms with Gasteiger partial charge in [0.1, 0.15) is 11.5 Å². The molecular weight excluding hydrogens is 486 g/mol. The Morgan fingerprint density at radius 2 is 1.78 bits per heavy atom. The molecule has 1 spiro atoms. The SMILES string of the molecule is CCOC(=O)[C@@H](Cc1ccc(OC)c(OC)c1)N1C(=O)C(O)[C@]2(C(=O)OCC)CC3(CC=C12)OCCO3. The van der Waals surface area contributed by atoms with Crippen LogP contribution in [-0.2, 0) is 39.8 Å². The first-order chi connectivity index (χ1) is 17.8. The Labute approximate surface area is 215 Å². The lowest BCUT2D eigenvalue weighted by atomic mass is 9.71. The van der Waals surface area contributed by atoms with Crippen LogP contribution in [0.25, 0.3) is 0 Å². The molecule has 11 heteroatoms. The van der Waals surface area contributed by atoms with E-state index in [2.05, 4.69) is 0 Å². The van der Waals surface area contributed by atoms with Gasteiger partial charge in [-0.2, -0.15) is 0 Å². The number of hydrogen-bond donors (Lipinski definition) is 1. The molecule has 2 aliphatic heterocycles. The minimum Gasteiger partial charge on any atom is -0.493 e. The van der Waals surface area contributed by atoms with Crippen molar-refractivity contribution in [3.05, 3.63) is 35.5 Å². The molecule has 1 N–H and O–H groups in total. The summed E-state index contributed by atoms with van der Waals surface area (Å²) >= 11 is 0. The van der Waals surface area contributed by atoms with E-state index in [0.717, 1.165) is 0 Å². The highest BCUT2D eigenvalue weighted by atomic mass is 16.7. The number of rotatable bonds is 9. The van der Waals surface area contributed by atoms with Crippen LogP contribution in [0.3, 0.4) is 0 Å². The molecule has 11 nitrogen and oxygen atoms in total. The number of aliphatic hydroxyl groups excluding tert-OH is 1. The molecule has 0 aromatic heterocycles. The van der Waals surface area contributed by atoms with E-state index in [0.29, 0.717) is 30.3 Å². The average Bonchev–Trinajstić information content (AvgIpc) is 3.43. The number of benzene rings is 1. The molecule has 1 aromatic rings. The summed E-state index contributed by atoms with van der Waals surface area (Å²) in [4.78, 5) is 41.5. The van der Waals surface area contributed by atoms with Crippen molar-refractivity contribution in [3.8, 4) is 11.5 Å². The normalized spacial score (nSPS) is 24.9. The van der Waals surface area contributed by atoms with Crippen molar-refractivity contribution < 1.29 is 47.9 Å². The fourth-order valence-corrected chi connectivity index (χ4v) is 5.37. The third-order valence-corrected chi connectivity index (χ3v) is 7.01. The van der Waals surface area contributed by atoms with E-state index in [9.17, 15) is 19.5 Å². The molecule has 3 atom stereocenters. The topological polar surface area (TPSA) is 130 Å². The number of carbonyl (C=O) groups is 3. The van der Waals surface area contributed by atoms with Crippen LogP contribution in [0.15, 0.2) is 30.0 Å². The fourth-order valence-electron chi connectivity index (χ4n) is 5.37. The van der Waals surface area contributed by atoms with Crippen LogP contribution in [0, 0.1) is 5.41 Å². The molecule has 202 valence electrons. The number of aliphatic hydroxyl groups is 1. The lowest BCUT2D eigenvalue weighted by Gasteiger charge is -2.42. The molecule has 2 fully saturated rings. The molecule has 0 saturated carbocycles. The summed E-state index contributed by atoms with van der Waals surface area (Å²) < 4.78 is 33.0. The molecule has 2 saturated heterocycles. The Hall–Kier alpha value is -3.15. The summed E-state index contributed by atoms with van der Waals surface area (Å²) in [6.07, 6.45) is -0.0383. The lowest BCUT2D eigenvalue weighted by Crippen LogP contribution is -2.52. The first kappa shape index (κ1) is 26.9. The number of carbonyl (C=O) groups excluding carboxylic acids is 3. The summed E-state index contributed by atoms with van der Waals surface area (Å²) in [7, 11) is 3.01. The van der Waals surface area contributed by atoms with Gasteiger partial charge in [0.2, 0.25) is 0 Å². The molecule has 1 aromatic carbocycles. The maximum Gasteiger partial charge on any atom is 0.329 e. The zero-order valence-electron chi connectivity index (χ0n) is 21.5. The minimum absolute atomic E-state index is 0.0338. The highest BCUT2D eigenvalue weighted by molar-refractivity contribution is 6.00. The Bertz CT molecular complexity index is 1080. The fraction of sp³-hybridized carbons (Fsp3) is 0.577. The predicted molar refractivity (Wildman–Crippen MR) is 128 cm³/mol. The van der Waals surface area contributed by atoms with E-state index in [1.54, 1.807) is 38.1 Å². The van der Waals surface area contributed by atoms with Gasteiger partial charge in [0.25, 0.3) is 5.91 Å². The molecule has 0 radical (unpaired) electrons. The third kappa shape index (κ3) is 4.55. The van der Waals surface area contributed by atoms with Crippen LogP contribution in [0.1, 0.15) is 32.3 Å². The van der Waals surface area contributed by atoms with Crippen LogP contribution in [-0.4, -0.2) is 86.4 Å². The maximum atomic E-state index is 13.6. The van der Waals surface area contributed by atoms with Gasteiger partial charge in [0.05, 0.1) is 40.6 Å². The van der Waals surface area contributed by atoms with Gasteiger partial charge in [0.15, 0.2) is 23.4 Å². The highest BCUT2D eigenvalue weighted by Crippen LogP contribution is 2.54. The molecule has 3 aliphatic rings. The van der Waals surface area contributed by atoms with E-state index >= 15 is 0 Å². The van der Waals surface area contributed by atoms with Gasteiger partial charge >= 0.3 is 11.9 Å². The molecular formula is C26H33NO10. The zero-order valence-corrected chi connectivity index (χ0v) is 21.5. The Morgan fingerprint density at radius 3 is 2.41 bits per heavy atom. The first-order valence-electron chi connectivity index (χ1n) is 12.3. The van der Waals surface area contributed by atoms with E-state index in [4.69, 9.17) is 28.4 Å². The molecule has 1 amide bonds. The largest absolute Gasteiger partial charge is 0.493 e. The number of methoxy groups -OCH3 is 2. The van der Waals surface area contributed by atoms with Gasteiger partial charge < -0.3 is 33.5 Å². The van der Waals surface area contributed by atoms with Crippen molar-refractivity contribution in [2.24, 2.45) is 5.41 Å². The number of likely N-dealkylation sites (tertiary alicyclic amines) is 1. The van der Waals surface area contributed by atoms with Gasteiger partial charge in [0, 0.05) is 25.0 Å². The van der Waals surface area contributed by atoms with Crippen molar-refractivity contribution in [2.45, 2.75) is 51.0 Å². The van der Waals surface area contributed by atoms with Crippen molar-refractivity contribution in [1.82, 2.24) is 4.90 Å². The molecule has 1 unspecified atom stereocenters. The molecule has 4 rings (SSSR count). The van der Waals surface area contributed by atoms with Crippen molar-refractivity contribution in [3.63, 3.8) is 0 Å². The minimum atomic E-state index is -1.80. The molecule has 37 heavy (non-hydrogen) atoms. The van der Waals surface area contributed by atoms with Crippen LogP contribution in [0.5, 0.6) is 11.5 Å². The van der Waals surface area contributed by atoms with Gasteiger partial charge in [-0.15, -0.1) is 0 Å². The second-order valence-electron chi connectivity index (χ2n) is 9.04. The standard InChI is InChI=1S/C26H33NO10/c1-5-34-23(30)17(13-16-7-8-18(32-3)19(14-16)33-4)27-20-9-10-25(36-11-12-37-25)15-26(20,21(28)22(27)29)24(31)35-6-2/h7-9,14,17,21,28H,5-6,10-13,15H2,1-4H3/t17-,21?,26+/m1/s1. The number of nitrogens with zero attached hydrogens (tertiary/aromatic N) is 1. The summed E-state index contributed by atoms with van der Waals surface area (Å²) in [6, 6.07) is 3.97. The van der Waals surface area contributed by atoms with Crippen molar-refractivity contribution in [2.75, 3.05) is 40.6 Å². The van der Waals surface area contributed by atoms with E-state index in [1.807, 2.05) is 0 Å². The first-order valence-corrected chi connectivity index (χ1v) is 12.3. The smallest absolute Gasteiger partial charge is 0.329 e. The predicted octanol–water partition coefficient (Wildman–Crippen LogP) is 1.35. The quantitative estimate of drug-likeness (QED) is 0.477. The summed E-state index contributed by atoms with van der Waals surface area (Å²) in [5.74, 6) is -2.47. The van der Waals surface area contributed by atoms with Gasteiger partial charge in [-0.05, 0) is 31.5 Å². The monoisotopic (exact) mass is 519 g/mol. The van der Waals surface area contributed by atoms with Crippen LogP contribution in [0.4, 0.5) is 0 Å². The number of hydrogen-bond acceptors (Lipinski definition) is 10. The van der Waals surface area contributed by atoms with Crippen molar-refractivity contribution in [1.29, 1.82) is 0 Å². The second kappa shape index (κ2) is 10.7. The van der Waals surface area contributed by atoms with Crippen LogP contribution in [0.2, 0.25) is 0 Å². The van der Waals surface area contributed by atoms with Gasteiger partial charge in [-0.3, -0.25) is 14.5 Å².